The van der Waals surface area contributed by atoms with Crippen LogP contribution < -0.4 is 4.74 Å². The van der Waals surface area contributed by atoms with Gasteiger partial charge in [0.05, 0.1) is 18.1 Å². The summed E-state index contributed by atoms with van der Waals surface area (Å²) in [5, 5.41) is 9.94. The van der Waals surface area contributed by atoms with Gasteiger partial charge in [0, 0.05) is 11.5 Å². The monoisotopic (exact) mass is 426 g/mol. The van der Waals surface area contributed by atoms with Gasteiger partial charge < -0.3 is 14.6 Å². The Hall–Kier alpha value is -2.40. The highest BCUT2D eigenvalue weighted by Gasteiger charge is 2.52. The number of carboxylic acid groups (broad SMARTS) is 1. The fourth-order valence-corrected chi connectivity index (χ4v) is 4.95. The Morgan fingerprint density at radius 1 is 1.19 bits per heavy atom. The Morgan fingerprint density at radius 3 is 2.55 bits per heavy atom. The van der Waals surface area contributed by atoms with Gasteiger partial charge in [-0.1, -0.05) is 32.0 Å². The van der Waals surface area contributed by atoms with Crippen molar-refractivity contribution in [3.63, 3.8) is 0 Å². The Morgan fingerprint density at radius 2 is 1.90 bits per heavy atom. The minimum atomic E-state index is -0.833. The number of benzene rings is 2. The zero-order valence-corrected chi connectivity index (χ0v) is 18.6. The van der Waals surface area contributed by atoms with Crippen molar-refractivity contribution in [2.75, 3.05) is 0 Å². The van der Waals surface area contributed by atoms with Gasteiger partial charge in [0.25, 0.3) is 0 Å². The van der Waals surface area contributed by atoms with Crippen LogP contribution in [-0.2, 0) is 16.0 Å². The molecule has 0 unspecified atom stereocenters. The van der Waals surface area contributed by atoms with Crippen LogP contribution in [0.3, 0.4) is 0 Å². The van der Waals surface area contributed by atoms with Crippen molar-refractivity contribution in [3.8, 4) is 5.75 Å². The maximum Gasteiger partial charge on any atom is 0.309 e. The minimum absolute atomic E-state index is 0.0504. The van der Waals surface area contributed by atoms with E-state index in [-0.39, 0.29) is 17.8 Å². The molecule has 31 heavy (non-hydrogen) atoms. The molecule has 4 rings (SSSR count). The molecule has 2 aliphatic heterocycles. The molecule has 4 atom stereocenters. The third kappa shape index (κ3) is 4.33. The van der Waals surface area contributed by atoms with Crippen LogP contribution in [0.4, 0.5) is 4.39 Å². The van der Waals surface area contributed by atoms with Crippen LogP contribution in [0.5, 0.6) is 5.75 Å². The number of aliphatic carboxylic acids is 1. The number of ether oxygens (including phenoxy) is 2. The lowest BCUT2D eigenvalue weighted by Gasteiger charge is -2.50. The average molecular weight is 427 g/mol. The number of fused-ring (bicyclic) bond motifs is 3. The molecule has 2 aliphatic rings. The maximum absolute atomic E-state index is 13.2. The van der Waals surface area contributed by atoms with Crippen molar-refractivity contribution in [1.29, 1.82) is 0 Å². The highest BCUT2D eigenvalue weighted by molar-refractivity contribution is 5.71. The van der Waals surface area contributed by atoms with Gasteiger partial charge in [-0.15, -0.1) is 0 Å². The van der Waals surface area contributed by atoms with Gasteiger partial charge in [0.15, 0.2) is 0 Å². The quantitative estimate of drug-likeness (QED) is 0.647. The number of hydrogen-bond donors (Lipinski definition) is 1. The van der Waals surface area contributed by atoms with Crippen molar-refractivity contribution in [1.82, 2.24) is 0 Å². The summed E-state index contributed by atoms with van der Waals surface area (Å²) in [6.45, 7) is 8.34. The topological polar surface area (TPSA) is 55.8 Å². The number of aryl methyl sites for hydroxylation is 1. The summed E-state index contributed by atoms with van der Waals surface area (Å²) < 4.78 is 26.1. The van der Waals surface area contributed by atoms with E-state index >= 15 is 0 Å². The highest BCUT2D eigenvalue weighted by Crippen LogP contribution is 2.52. The zero-order chi connectivity index (χ0) is 22.3. The Bertz CT molecular complexity index is 950. The van der Waals surface area contributed by atoms with E-state index in [0.717, 1.165) is 16.9 Å². The Balaban J connectivity index is 1.64. The second-order valence-corrected chi connectivity index (χ2v) is 9.70. The Kier molecular flexibility index (Phi) is 5.82. The van der Waals surface area contributed by atoms with Gasteiger partial charge in [-0.25, -0.2) is 4.39 Å². The van der Waals surface area contributed by atoms with Gasteiger partial charge in [-0.05, 0) is 74.4 Å². The summed E-state index contributed by atoms with van der Waals surface area (Å²) >= 11 is 0. The fourth-order valence-electron chi connectivity index (χ4n) is 4.95. The molecule has 0 amide bonds. The van der Waals surface area contributed by atoms with Crippen LogP contribution in [0.2, 0.25) is 0 Å². The van der Waals surface area contributed by atoms with E-state index in [1.54, 1.807) is 12.1 Å². The lowest BCUT2D eigenvalue weighted by Crippen LogP contribution is -2.52. The molecule has 0 radical (unpaired) electrons. The first kappa shape index (κ1) is 21.8. The van der Waals surface area contributed by atoms with E-state index < -0.39 is 23.6 Å². The predicted molar refractivity (Wildman–Crippen MR) is 117 cm³/mol. The van der Waals surface area contributed by atoms with E-state index in [1.807, 2.05) is 19.9 Å². The molecule has 0 aromatic heterocycles. The van der Waals surface area contributed by atoms with Crippen LogP contribution in [0, 0.1) is 17.7 Å². The smallest absolute Gasteiger partial charge is 0.309 e. The van der Waals surface area contributed by atoms with Gasteiger partial charge in [0.1, 0.15) is 17.2 Å². The first-order valence-corrected chi connectivity index (χ1v) is 11.1. The third-order valence-electron chi connectivity index (χ3n) is 6.86. The minimum Gasteiger partial charge on any atom is -0.487 e. The summed E-state index contributed by atoms with van der Waals surface area (Å²) in [4.78, 5) is 12.1. The van der Waals surface area contributed by atoms with Crippen molar-refractivity contribution in [2.24, 2.45) is 11.8 Å². The molecule has 4 nitrogen and oxygen atoms in total. The lowest BCUT2D eigenvalue weighted by molar-refractivity contribution is -0.188. The molecular weight excluding hydrogens is 395 g/mol. The van der Waals surface area contributed by atoms with Gasteiger partial charge in [-0.3, -0.25) is 4.79 Å². The summed E-state index contributed by atoms with van der Waals surface area (Å²) in [6.07, 6.45) is 1.11. The summed E-state index contributed by atoms with van der Waals surface area (Å²) in [5.41, 5.74) is 2.69. The molecule has 1 fully saturated rings. The van der Waals surface area contributed by atoms with Crippen molar-refractivity contribution >= 4 is 5.97 Å². The van der Waals surface area contributed by atoms with E-state index in [0.29, 0.717) is 25.2 Å². The van der Waals surface area contributed by atoms with Crippen molar-refractivity contribution in [2.45, 2.75) is 70.7 Å². The van der Waals surface area contributed by atoms with Gasteiger partial charge in [-0.2, -0.15) is 0 Å². The molecule has 1 N–H and O–H groups in total. The number of rotatable bonds is 5. The fraction of sp³-hybridized carbons (Fsp3) is 0.500. The molecule has 0 bridgehead atoms. The van der Waals surface area contributed by atoms with Crippen LogP contribution in [0.1, 0.15) is 69.2 Å². The van der Waals surface area contributed by atoms with E-state index in [4.69, 9.17) is 9.47 Å². The SMILES string of the molecule is CC(C)c1ccc2c(c1)[C@H]1O[C@@H](CCc3ccc(F)cc3)[C@@H](C(=O)O)C[C@@H]1C(C)(C)O2. The zero-order valence-electron chi connectivity index (χ0n) is 18.6. The number of halogens is 1. The molecule has 0 saturated carbocycles. The summed E-state index contributed by atoms with van der Waals surface area (Å²) in [7, 11) is 0. The first-order valence-electron chi connectivity index (χ1n) is 11.1. The summed E-state index contributed by atoms with van der Waals surface area (Å²) in [5.74, 6) is -0.555. The van der Waals surface area contributed by atoms with Crippen molar-refractivity contribution < 1.29 is 23.8 Å². The Labute approximate surface area is 183 Å². The molecule has 1 saturated heterocycles. The molecular formula is C26H31FO4. The number of carboxylic acids is 1. The van der Waals surface area contributed by atoms with Crippen LogP contribution in [-0.4, -0.2) is 22.8 Å². The van der Waals surface area contributed by atoms with Crippen molar-refractivity contribution in [3.05, 3.63) is 65.0 Å². The predicted octanol–water partition coefficient (Wildman–Crippen LogP) is 5.90. The standard InChI is InChI=1S/C26H31FO4/c1-15(2)17-8-12-23-19(13-17)24-21(26(3,4)31-23)14-20(25(28)29)22(30-24)11-7-16-5-9-18(27)10-6-16/h5-6,8-10,12-13,15,20-22,24H,7,11,14H2,1-4H3,(H,28,29)/t20-,21-,22-,24+/m0/s1. The second kappa shape index (κ2) is 8.27. The normalized spacial score (nSPS) is 26.6. The lowest BCUT2D eigenvalue weighted by atomic mass is 9.71. The molecule has 0 spiro atoms. The molecule has 2 aromatic rings. The van der Waals surface area contributed by atoms with Crippen LogP contribution >= 0.6 is 0 Å². The second-order valence-electron chi connectivity index (χ2n) is 9.70. The molecule has 2 aromatic carbocycles. The number of hydrogen-bond acceptors (Lipinski definition) is 3. The van der Waals surface area contributed by atoms with Gasteiger partial charge in [0.2, 0.25) is 0 Å². The van der Waals surface area contributed by atoms with Crippen LogP contribution in [0.15, 0.2) is 42.5 Å². The molecule has 2 heterocycles. The van der Waals surface area contributed by atoms with Gasteiger partial charge >= 0.3 is 5.97 Å². The molecule has 0 aliphatic carbocycles. The average Bonchev–Trinajstić information content (AvgIpc) is 2.72. The van der Waals surface area contributed by atoms with E-state index in [2.05, 4.69) is 26.0 Å². The van der Waals surface area contributed by atoms with E-state index in [9.17, 15) is 14.3 Å². The summed E-state index contributed by atoms with van der Waals surface area (Å²) in [6, 6.07) is 12.6. The molecule has 166 valence electrons. The van der Waals surface area contributed by atoms with E-state index in [1.165, 1.54) is 17.7 Å². The first-order chi connectivity index (χ1) is 14.7. The van der Waals surface area contributed by atoms with Crippen LogP contribution in [0.25, 0.3) is 0 Å². The number of carbonyl (C=O) groups is 1. The third-order valence-corrected chi connectivity index (χ3v) is 6.86. The maximum atomic E-state index is 13.2. The highest BCUT2D eigenvalue weighted by atomic mass is 19.1. The largest absolute Gasteiger partial charge is 0.487 e. The molecule has 5 heteroatoms.